The van der Waals surface area contributed by atoms with Crippen molar-refractivity contribution in [1.29, 1.82) is 0 Å². The standard InChI is InChI=1S/C23H22N4O2S/c1-4-13-27-22(17-10-6-8-12-20(17)29-3)25-26-23(27)30-15(2)21(28)18-14-24-19-11-7-5-9-16(18)19/h4-12,14-15,24H,1,13H2,2-3H3/t15-/m0/s1. The lowest BCUT2D eigenvalue weighted by Crippen LogP contribution is -2.14. The van der Waals surface area contributed by atoms with E-state index < -0.39 is 0 Å². The quantitative estimate of drug-likeness (QED) is 0.248. The molecular formula is C23H22N4O2S. The van der Waals surface area contributed by atoms with E-state index in [1.807, 2.05) is 60.0 Å². The number of hydrogen-bond donors (Lipinski definition) is 1. The highest BCUT2D eigenvalue weighted by Crippen LogP contribution is 2.33. The van der Waals surface area contributed by atoms with Gasteiger partial charge in [0.15, 0.2) is 16.8 Å². The Kier molecular flexibility index (Phi) is 5.72. The van der Waals surface area contributed by atoms with E-state index in [1.54, 1.807) is 19.4 Å². The fraction of sp³-hybridized carbons (Fsp3) is 0.174. The monoisotopic (exact) mass is 418 g/mol. The Labute approximate surface area is 179 Å². The van der Waals surface area contributed by atoms with E-state index in [2.05, 4.69) is 21.8 Å². The number of ether oxygens (including phenoxy) is 1. The number of ketones is 1. The maximum absolute atomic E-state index is 13.1. The number of nitrogens with zero attached hydrogens (tertiary/aromatic N) is 3. The topological polar surface area (TPSA) is 72.8 Å². The molecule has 4 aromatic rings. The van der Waals surface area contributed by atoms with Gasteiger partial charge in [-0.1, -0.05) is 48.2 Å². The third kappa shape index (κ3) is 3.64. The van der Waals surface area contributed by atoms with Crippen molar-refractivity contribution in [3.8, 4) is 17.1 Å². The number of methoxy groups -OCH3 is 1. The van der Waals surface area contributed by atoms with Crippen molar-refractivity contribution in [3.05, 3.63) is 72.9 Å². The van der Waals surface area contributed by atoms with Crippen molar-refractivity contribution < 1.29 is 9.53 Å². The number of Topliss-reactive ketones (excluding diaryl/α,β-unsaturated/α-hetero) is 1. The molecule has 152 valence electrons. The van der Waals surface area contributed by atoms with E-state index in [9.17, 15) is 4.79 Å². The average molecular weight is 419 g/mol. The summed E-state index contributed by atoms with van der Waals surface area (Å²) < 4.78 is 7.43. The van der Waals surface area contributed by atoms with E-state index >= 15 is 0 Å². The second-order valence-electron chi connectivity index (χ2n) is 6.78. The Hall–Kier alpha value is -3.32. The van der Waals surface area contributed by atoms with Gasteiger partial charge in [-0.05, 0) is 25.1 Å². The number of rotatable bonds is 8. The first-order valence-corrected chi connectivity index (χ1v) is 10.5. The molecule has 2 heterocycles. The number of benzene rings is 2. The molecule has 0 radical (unpaired) electrons. The molecule has 1 N–H and O–H groups in total. The van der Waals surface area contributed by atoms with Crippen molar-refractivity contribution >= 4 is 28.4 Å². The summed E-state index contributed by atoms with van der Waals surface area (Å²) in [7, 11) is 1.63. The van der Waals surface area contributed by atoms with Gasteiger partial charge in [-0.15, -0.1) is 16.8 Å². The van der Waals surface area contributed by atoms with Crippen LogP contribution in [0.15, 0.2) is 72.5 Å². The molecule has 0 aliphatic rings. The smallest absolute Gasteiger partial charge is 0.192 e. The lowest BCUT2D eigenvalue weighted by Gasteiger charge is -2.12. The zero-order valence-corrected chi connectivity index (χ0v) is 17.6. The molecule has 0 fully saturated rings. The Balaban J connectivity index is 1.65. The first-order chi connectivity index (χ1) is 14.6. The largest absolute Gasteiger partial charge is 0.496 e. The molecule has 0 spiro atoms. The van der Waals surface area contributed by atoms with Crippen LogP contribution in [0.4, 0.5) is 0 Å². The summed E-state index contributed by atoms with van der Waals surface area (Å²) in [6, 6.07) is 15.5. The van der Waals surface area contributed by atoms with Gasteiger partial charge in [0.05, 0.1) is 17.9 Å². The van der Waals surface area contributed by atoms with Crippen molar-refractivity contribution in [2.24, 2.45) is 0 Å². The SMILES string of the molecule is C=CCn1c(S[C@@H](C)C(=O)c2c[nH]c3ccccc23)nnc1-c1ccccc1OC. The molecule has 2 aromatic carbocycles. The molecule has 0 bridgehead atoms. The highest BCUT2D eigenvalue weighted by molar-refractivity contribution is 8.00. The zero-order valence-electron chi connectivity index (χ0n) is 16.8. The third-order valence-corrected chi connectivity index (χ3v) is 5.96. The molecule has 0 aliphatic heterocycles. The van der Waals surface area contributed by atoms with Gasteiger partial charge in [-0.2, -0.15) is 0 Å². The number of hydrogen-bond acceptors (Lipinski definition) is 5. The number of H-pyrrole nitrogens is 1. The summed E-state index contributed by atoms with van der Waals surface area (Å²) in [5.74, 6) is 1.45. The van der Waals surface area contributed by atoms with Gasteiger partial charge < -0.3 is 9.72 Å². The van der Waals surface area contributed by atoms with Crippen LogP contribution >= 0.6 is 11.8 Å². The van der Waals surface area contributed by atoms with E-state index in [-0.39, 0.29) is 11.0 Å². The number of carbonyl (C=O) groups excluding carboxylic acids is 1. The minimum absolute atomic E-state index is 0.0458. The van der Waals surface area contributed by atoms with Crippen LogP contribution in [0, 0.1) is 0 Å². The lowest BCUT2D eigenvalue weighted by molar-refractivity contribution is 0.0995. The van der Waals surface area contributed by atoms with Gasteiger partial charge >= 0.3 is 0 Å². The zero-order chi connectivity index (χ0) is 21.1. The van der Waals surface area contributed by atoms with Crippen molar-refractivity contribution in [3.63, 3.8) is 0 Å². The highest BCUT2D eigenvalue weighted by atomic mass is 32.2. The van der Waals surface area contributed by atoms with Crippen LogP contribution in [0.25, 0.3) is 22.3 Å². The first-order valence-electron chi connectivity index (χ1n) is 9.58. The molecular weight excluding hydrogens is 396 g/mol. The van der Waals surface area contributed by atoms with E-state index in [1.165, 1.54) is 11.8 Å². The second kappa shape index (κ2) is 8.59. The van der Waals surface area contributed by atoms with Crippen molar-refractivity contribution in [2.45, 2.75) is 23.9 Å². The number of thioether (sulfide) groups is 1. The van der Waals surface area contributed by atoms with Crippen LogP contribution < -0.4 is 4.74 Å². The molecule has 0 aliphatic carbocycles. The van der Waals surface area contributed by atoms with Crippen LogP contribution in [0.3, 0.4) is 0 Å². The summed E-state index contributed by atoms with van der Waals surface area (Å²) >= 11 is 1.39. The van der Waals surface area contributed by atoms with Gasteiger partial charge in [-0.3, -0.25) is 9.36 Å². The van der Waals surface area contributed by atoms with E-state index in [0.29, 0.717) is 23.1 Å². The number of carbonyl (C=O) groups is 1. The number of fused-ring (bicyclic) bond motifs is 1. The molecule has 6 nitrogen and oxygen atoms in total. The molecule has 4 rings (SSSR count). The minimum Gasteiger partial charge on any atom is -0.496 e. The minimum atomic E-state index is -0.331. The van der Waals surface area contributed by atoms with Gasteiger partial charge in [0.25, 0.3) is 0 Å². The summed E-state index contributed by atoms with van der Waals surface area (Å²) in [6.45, 7) is 6.27. The molecule has 0 saturated carbocycles. The fourth-order valence-corrected chi connectivity index (χ4v) is 4.33. The van der Waals surface area contributed by atoms with Crippen LogP contribution in [0.2, 0.25) is 0 Å². The molecule has 2 aromatic heterocycles. The lowest BCUT2D eigenvalue weighted by atomic mass is 10.1. The van der Waals surface area contributed by atoms with Crippen LogP contribution in [0.1, 0.15) is 17.3 Å². The second-order valence-corrected chi connectivity index (χ2v) is 8.09. The van der Waals surface area contributed by atoms with Gasteiger partial charge in [0.2, 0.25) is 0 Å². The third-order valence-electron chi connectivity index (χ3n) is 4.88. The first kappa shape index (κ1) is 20.0. The van der Waals surface area contributed by atoms with Crippen molar-refractivity contribution in [2.75, 3.05) is 7.11 Å². The Bertz CT molecular complexity index is 1210. The predicted molar refractivity (Wildman–Crippen MR) is 120 cm³/mol. The van der Waals surface area contributed by atoms with Gasteiger partial charge in [0.1, 0.15) is 5.75 Å². The highest BCUT2D eigenvalue weighted by Gasteiger charge is 2.24. The maximum Gasteiger partial charge on any atom is 0.192 e. The Morgan fingerprint density at radius 1 is 1.23 bits per heavy atom. The molecule has 0 unspecified atom stereocenters. The summed E-state index contributed by atoms with van der Waals surface area (Å²) in [4.78, 5) is 16.3. The summed E-state index contributed by atoms with van der Waals surface area (Å²) in [6.07, 6.45) is 3.57. The molecule has 7 heteroatoms. The summed E-state index contributed by atoms with van der Waals surface area (Å²) in [5.41, 5.74) is 2.48. The molecule has 1 atom stereocenters. The normalized spacial score (nSPS) is 12.1. The van der Waals surface area contributed by atoms with Gasteiger partial charge in [0, 0.05) is 29.2 Å². The van der Waals surface area contributed by atoms with Gasteiger partial charge in [-0.25, -0.2) is 0 Å². The van der Waals surface area contributed by atoms with E-state index in [0.717, 1.165) is 22.2 Å². The van der Waals surface area contributed by atoms with Crippen LogP contribution in [-0.4, -0.2) is 37.9 Å². The molecule has 0 saturated heterocycles. The predicted octanol–water partition coefficient (Wildman–Crippen LogP) is 4.98. The number of aromatic amines is 1. The number of nitrogens with one attached hydrogen (secondary N) is 1. The summed E-state index contributed by atoms with van der Waals surface area (Å²) in [5, 5.41) is 10.0. The average Bonchev–Trinajstić information content (AvgIpc) is 3.38. The fourth-order valence-electron chi connectivity index (χ4n) is 3.40. The maximum atomic E-state index is 13.1. The Morgan fingerprint density at radius 3 is 2.80 bits per heavy atom. The van der Waals surface area contributed by atoms with Crippen LogP contribution in [0.5, 0.6) is 5.75 Å². The number of allylic oxidation sites excluding steroid dienone is 1. The van der Waals surface area contributed by atoms with E-state index in [4.69, 9.17) is 4.74 Å². The number of aromatic nitrogens is 4. The number of para-hydroxylation sites is 2. The van der Waals surface area contributed by atoms with Crippen LogP contribution in [-0.2, 0) is 6.54 Å². The molecule has 0 amide bonds. The van der Waals surface area contributed by atoms with Crippen molar-refractivity contribution in [1.82, 2.24) is 19.7 Å². The Morgan fingerprint density at radius 2 is 2.00 bits per heavy atom. The molecule has 30 heavy (non-hydrogen) atoms.